The standard InChI is InChI=1S/C19H28N6O/c1-13(2)15-12-16(21-20-15)14-7-10-24(11-8-14)19(26)18-23-22-17-6-4-3-5-9-25(17)18/h12-14H,3-11H2,1-2H3,(H,20,21). The van der Waals surface area contributed by atoms with E-state index in [-0.39, 0.29) is 5.91 Å². The molecule has 2 aliphatic heterocycles. The Morgan fingerprint density at radius 2 is 1.96 bits per heavy atom. The van der Waals surface area contributed by atoms with Gasteiger partial charge in [0, 0.05) is 37.7 Å². The normalized spacial score (nSPS) is 18.8. The van der Waals surface area contributed by atoms with E-state index in [0.717, 1.165) is 63.3 Å². The van der Waals surface area contributed by atoms with Crippen molar-refractivity contribution in [2.75, 3.05) is 13.1 Å². The van der Waals surface area contributed by atoms with Gasteiger partial charge in [-0.3, -0.25) is 9.89 Å². The first-order chi connectivity index (χ1) is 12.6. The van der Waals surface area contributed by atoms with Crippen molar-refractivity contribution in [2.24, 2.45) is 0 Å². The van der Waals surface area contributed by atoms with Gasteiger partial charge in [-0.05, 0) is 37.7 Å². The second kappa shape index (κ2) is 7.21. The van der Waals surface area contributed by atoms with E-state index in [1.165, 1.54) is 12.1 Å². The maximum absolute atomic E-state index is 13.0. The molecular weight excluding hydrogens is 328 g/mol. The molecule has 0 aromatic carbocycles. The number of hydrogen-bond acceptors (Lipinski definition) is 4. The van der Waals surface area contributed by atoms with E-state index in [1.54, 1.807) is 0 Å². The van der Waals surface area contributed by atoms with Crippen LogP contribution in [0.3, 0.4) is 0 Å². The molecule has 0 bridgehead atoms. The highest BCUT2D eigenvalue weighted by Gasteiger charge is 2.29. The van der Waals surface area contributed by atoms with Crippen LogP contribution >= 0.6 is 0 Å². The van der Waals surface area contributed by atoms with Crippen LogP contribution in [-0.2, 0) is 13.0 Å². The molecule has 2 aromatic rings. The topological polar surface area (TPSA) is 79.7 Å². The van der Waals surface area contributed by atoms with Crippen molar-refractivity contribution in [1.29, 1.82) is 0 Å². The molecule has 2 aliphatic rings. The molecule has 4 heterocycles. The first kappa shape index (κ1) is 17.2. The van der Waals surface area contributed by atoms with Crippen molar-refractivity contribution >= 4 is 5.91 Å². The Bertz CT molecular complexity index is 769. The van der Waals surface area contributed by atoms with E-state index in [0.29, 0.717) is 17.7 Å². The molecule has 26 heavy (non-hydrogen) atoms. The van der Waals surface area contributed by atoms with Gasteiger partial charge in [-0.1, -0.05) is 20.3 Å². The zero-order valence-corrected chi connectivity index (χ0v) is 15.7. The van der Waals surface area contributed by atoms with Gasteiger partial charge >= 0.3 is 0 Å². The molecule has 0 unspecified atom stereocenters. The average Bonchev–Trinajstić information content (AvgIpc) is 3.24. The van der Waals surface area contributed by atoms with E-state index in [1.807, 2.05) is 9.47 Å². The number of aromatic amines is 1. The van der Waals surface area contributed by atoms with Crippen LogP contribution in [0.2, 0.25) is 0 Å². The predicted octanol–water partition coefficient (Wildman–Crippen LogP) is 2.87. The van der Waals surface area contributed by atoms with Crippen LogP contribution in [0.25, 0.3) is 0 Å². The van der Waals surface area contributed by atoms with E-state index in [9.17, 15) is 4.79 Å². The number of nitrogens with one attached hydrogen (secondary N) is 1. The van der Waals surface area contributed by atoms with Gasteiger partial charge < -0.3 is 9.47 Å². The molecule has 7 nitrogen and oxygen atoms in total. The Hall–Kier alpha value is -2.18. The molecule has 1 N–H and O–H groups in total. The Morgan fingerprint density at radius 3 is 2.69 bits per heavy atom. The van der Waals surface area contributed by atoms with Crippen LogP contribution < -0.4 is 0 Å². The number of carbonyl (C=O) groups is 1. The third-order valence-electron chi connectivity index (χ3n) is 5.73. The number of amides is 1. The number of nitrogens with zero attached hydrogens (tertiary/aromatic N) is 5. The van der Waals surface area contributed by atoms with Crippen molar-refractivity contribution in [1.82, 2.24) is 29.9 Å². The van der Waals surface area contributed by atoms with E-state index in [2.05, 4.69) is 40.3 Å². The number of carbonyl (C=O) groups excluding carboxylic acids is 1. The lowest BCUT2D eigenvalue weighted by atomic mass is 9.93. The number of aromatic nitrogens is 5. The first-order valence-corrected chi connectivity index (χ1v) is 9.90. The van der Waals surface area contributed by atoms with Gasteiger partial charge in [0.2, 0.25) is 5.82 Å². The summed E-state index contributed by atoms with van der Waals surface area (Å²) in [6, 6.07) is 2.19. The molecule has 4 rings (SSSR count). The van der Waals surface area contributed by atoms with Gasteiger partial charge in [0.1, 0.15) is 5.82 Å². The van der Waals surface area contributed by atoms with Crippen molar-refractivity contribution < 1.29 is 4.79 Å². The summed E-state index contributed by atoms with van der Waals surface area (Å²) >= 11 is 0. The maximum atomic E-state index is 13.0. The summed E-state index contributed by atoms with van der Waals surface area (Å²) < 4.78 is 2.05. The molecule has 0 atom stereocenters. The minimum absolute atomic E-state index is 0.0385. The molecule has 140 valence electrons. The number of piperidine rings is 1. The third kappa shape index (κ3) is 3.27. The Labute approximate surface area is 154 Å². The second-order valence-corrected chi connectivity index (χ2v) is 7.87. The van der Waals surface area contributed by atoms with Crippen molar-refractivity contribution in [3.05, 3.63) is 29.1 Å². The van der Waals surface area contributed by atoms with Crippen molar-refractivity contribution in [2.45, 2.75) is 70.8 Å². The van der Waals surface area contributed by atoms with Gasteiger partial charge in [-0.15, -0.1) is 10.2 Å². The monoisotopic (exact) mass is 356 g/mol. The third-order valence-corrected chi connectivity index (χ3v) is 5.73. The molecular formula is C19H28N6O. The summed E-state index contributed by atoms with van der Waals surface area (Å²) in [5.74, 6) is 2.43. The Morgan fingerprint density at radius 1 is 1.15 bits per heavy atom. The quantitative estimate of drug-likeness (QED) is 0.917. The lowest BCUT2D eigenvalue weighted by Gasteiger charge is -2.31. The molecule has 7 heteroatoms. The highest BCUT2D eigenvalue weighted by atomic mass is 16.2. The second-order valence-electron chi connectivity index (χ2n) is 7.87. The number of aryl methyl sites for hydroxylation is 1. The summed E-state index contributed by atoms with van der Waals surface area (Å²) in [5, 5.41) is 16.1. The maximum Gasteiger partial charge on any atom is 0.291 e. The largest absolute Gasteiger partial charge is 0.336 e. The van der Waals surface area contributed by atoms with Crippen LogP contribution in [0.5, 0.6) is 0 Å². The van der Waals surface area contributed by atoms with Crippen LogP contribution in [0.1, 0.15) is 85.6 Å². The zero-order valence-electron chi connectivity index (χ0n) is 15.7. The fraction of sp³-hybridized carbons (Fsp3) is 0.684. The number of rotatable bonds is 3. The van der Waals surface area contributed by atoms with Gasteiger partial charge in [0.05, 0.1) is 5.69 Å². The highest BCUT2D eigenvalue weighted by Crippen LogP contribution is 2.29. The zero-order chi connectivity index (χ0) is 18.1. The van der Waals surface area contributed by atoms with Crippen LogP contribution in [0.4, 0.5) is 0 Å². The van der Waals surface area contributed by atoms with Crippen LogP contribution in [0.15, 0.2) is 6.07 Å². The van der Waals surface area contributed by atoms with E-state index >= 15 is 0 Å². The minimum atomic E-state index is 0.0385. The molecule has 1 saturated heterocycles. The van der Waals surface area contributed by atoms with Crippen LogP contribution in [-0.4, -0.2) is 48.9 Å². The lowest BCUT2D eigenvalue weighted by Crippen LogP contribution is -2.39. The van der Waals surface area contributed by atoms with Crippen LogP contribution in [0, 0.1) is 0 Å². The van der Waals surface area contributed by atoms with E-state index in [4.69, 9.17) is 0 Å². The SMILES string of the molecule is CC(C)c1cc(C2CCN(C(=O)c3nnc4n3CCCCC4)CC2)[nH]n1. The van der Waals surface area contributed by atoms with Crippen molar-refractivity contribution in [3.63, 3.8) is 0 Å². The van der Waals surface area contributed by atoms with E-state index < -0.39 is 0 Å². The van der Waals surface area contributed by atoms with Gasteiger partial charge in [-0.25, -0.2) is 0 Å². The minimum Gasteiger partial charge on any atom is -0.336 e. The first-order valence-electron chi connectivity index (χ1n) is 9.90. The summed E-state index contributed by atoms with van der Waals surface area (Å²) in [6.07, 6.45) is 6.30. The van der Waals surface area contributed by atoms with Crippen molar-refractivity contribution in [3.8, 4) is 0 Å². The predicted molar refractivity (Wildman–Crippen MR) is 98.1 cm³/mol. The molecule has 1 amide bonds. The molecule has 2 aromatic heterocycles. The Kier molecular flexibility index (Phi) is 4.78. The molecule has 0 spiro atoms. The fourth-order valence-corrected chi connectivity index (χ4v) is 4.04. The highest BCUT2D eigenvalue weighted by molar-refractivity contribution is 5.90. The summed E-state index contributed by atoms with van der Waals surface area (Å²) in [4.78, 5) is 14.9. The number of hydrogen-bond donors (Lipinski definition) is 1. The smallest absolute Gasteiger partial charge is 0.291 e. The average molecular weight is 356 g/mol. The van der Waals surface area contributed by atoms with Gasteiger partial charge in [0.15, 0.2) is 0 Å². The summed E-state index contributed by atoms with van der Waals surface area (Å²) in [6.45, 7) is 6.71. The number of likely N-dealkylation sites (tertiary alicyclic amines) is 1. The molecule has 1 fully saturated rings. The Balaban J connectivity index is 1.41. The summed E-state index contributed by atoms with van der Waals surface area (Å²) in [5.41, 5.74) is 2.32. The van der Waals surface area contributed by atoms with Gasteiger partial charge in [-0.2, -0.15) is 5.10 Å². The molecule has 0 saturated carbocycles. The lowest BCUT2D eigenvalue weighted by molar-refractivity contribution is 0.0693. The summed E-state index contributed by atoms with van der Waals surface area (Å²) in [7, 11) is 0. The molecule has 0 radical (unpaired) electrons. The number of H-pyrrole nitrogens is 1. The number of fused-ring (bicyclic) bond motifs is 1. The molecule has 0 aliphatic carbocycles. The van der Waals surface area contributed by atoms with Gasteiger partial charge in [0.25, 0.3) is 5.91 Å². The fourth-order valence-electron chi connectivity index (χ4n) is 4.04.